The van der Waals surface area contributed by atoms with Crippen molar-refractivity contribution in [3.63, 3.8) is 0 Å². The summed E-state index contributed by atoms with van der Waals surface area (Å²) in [6.07, 6.45) is 1.49. The van der Waals surface area contributed by atoms with E-state index in [1.807, 2.05) is 32.0 Å². The van der Waals surface area contributed by atoms with E-state index in [4.69, 9.17) is 9.47 Å². The monoisotopic (exact) mass is 556 g/mol. The smallest absolute Gasteiger partial charge is 0.266 e. The predicted octanol–water partition coefficient (Wildman–Crippen LogP) is 6.26. The van der Waals surface area contributed by atoms with Crippen LogP contribution in [0.3, 0.4) is 0 Å². The zero-order valence-corrected chi connectivity index (χ0v) is 20.4. The van der Waals surface area contributed by atoms with Crippen molar-refractivity contribution >= 4 is 40.3 Å². The molecule has 1 amide bonds. The summed E-state index contributed by atoms with van der Waals surface area (Å²) in [4.78, 5) is 12.6. The molecule has 0 aliphatic carbocycles. The lowest BCUT2D eigenvalue weighted by Gasteiger charge is -2.15. The van der Waals surface area contributed by atoms with Crippen molar-refractivity contribution in [2.75, 3.05) is 11.9 Å². The average molecular weight is 556 g/mol. The van der Waals surface area contributed by atoms with E-state index in [1.165, 1.54) is 12.1 Å². The second-order valence-electron chi connectivity index (χ2n) is 7.13. The van der Waals surface area contributed by atoms with Crippen molar-refractivity contribution in [3.05, 3.63) is 92.3 Å². The van der Waals surface area contributed by atoms with Crippen LogP contribution in [0.5, 0.6) is 11.5 Å². The molecule has 0 spiro atoms. The molecule has 0 bridgehead atoms. The number of nitrogens with zero attached hydrogens (tertiary/aromatic N) is 1. The molecule has 0 aliphatic rings. The van der Waals surface area contributed by atoms with Gasteiger partial charge in [-0.25, -0.2) is 4.39 Å². The van der Waals surface area contributed by atoms with Crippen molar-refractivity contribution in [2.45, 2.75) is 20.5 Å². The number of carbonyl (C=O) groups excluding carboxylic acids is 1. The minimum Gasteiger partial charge on any atom is -0.490 e. The molecule has 0 radical (unpaired) electrons. The number of rotatable bonds is 8. The Bertz CT molecular complexity index is 1220. The van der Waals surface area contributed by atoms with Gasteiger partial charge in [0.15, 0.2) is 11.5 Å². The van der Waals surface area contributed by atoms with Gasteiger partial charge in [-0.3, -0.25) is 4.79 Å². The molecule has 0 heterocycles. The Hall–Kier alpha value is -3.38. The molecule has 3 aromatic rings. The second-order valence-corrected chi connectivity index (χ2v) is 8.30. The molecule has 1 N–H and O–H groups in total. The maximum atomic E-state index is 14.0. The number of benzene rings is 3. The Morgan fingerprint density at radius 2 is 1.88 bits per heavy atom. The molecule has 33 heavy (non-hydrogen) atoms. The van der Waals surface area contributed by atoms with Crippen LogP contribution < -0.4 is 14.8 Å². The number of carbonyl (C=O) groups is 1. The highest BCUT2D eigenvalue weighted by molar-refractivity contribution is 14.1. The first-order valence-corrected chi connectivity index (χ1v) is 11.3. The Morgan fingerprint density at radius 1 is 1.15 bits per heavy atom. The minimum atomic E-state index is -0.505. The van der Waals surface area contributed by atoms with E-state index in [2.05, 4.69) is 27.9 Å². The summed E-state index contributed by atoms with van der Waals surface area (Å²) in [5.41, 5.74) is 2.66. The van der Waals surface area contributed by atoms with E-state index in [-0.39, 0.29) is 18.0 Å². The lowest BCUT2D eigenvalue weighted by Crippen LogP contribution is -2.13. The third-order valence-electron chi connectivity index (χ3n) is 4.65. The van der Waals surface area contributed by atoms with Crippen LogP contribution in [0.25, 0.3) is 6.08 Å². The summed E-state index contributed by atoms with van der Waals surface area (Å²) in [6, 6.07) is 19.1. The van der Waals surface area contributed by atoms with Crippen molar-refractivity contribution in [2.24, 2.45) is 0 Å². The third kappa shape index (κ3) is 6.56. The van der Waals surface area contributed by atoms with Crippen molar-refractivity contribution in [1.82, 2.24) is 0 Å². The van der Waals surface area contributed by atoms with Crippen LogP contribution in [0, 0.1) is 27.6 Å². The van der Waals surface area contributed by atoms with E-state index >= 15 is 0 Å². The molecule has 3 rings (SSSR count). The van der Waals surface area contributed by atoms with E-state index in [1.54, 1.807) is 42.5 Å². The topological polar surface area (TPSA) is 71.3 Å². The third-order valence-corrected chi connectivity index (χ3v) is 5.45. The maximum absolute atomic E-state index is 14.0. The Kier molecular flexibility index (Phi) is 8.44. The summed E-state index contributed by atoms with van der Waals surface area (Å²) in [7, 11) is 0. The zero-order chi connectivity index (χ0) is 23.8. The van der Waals surface area contributed by atoms with E-state index in [0.717, 1.165) is 5.56 Å². The number of nitrogens with one attached hydrogen (secondary N) is 1. The zero-order valence-electron chi connectivity index (χ0n) is 18.2. The fraction of sp³-hybridized carbons (Fsp3) is 0.154. The normalized spacial score (nSPS) is 10.9. The van der Waals surface area contributed by atoms with Crippen LogP contribution >= 0.6 is 22.6 Å². The highest BCUT2D eigenvalue weighted by Gasteiger charge is 2.15. The van der Waals surface area contributed by atoms with Gasteiger partial charge < -0.3 is 14.8 Å². The molecule has 0 atom stereocenters. The van der Waals surface area contributed by atoms with Crippen molar-refractivity contribution < 1.29 is 18.7 Å². The summed E-state index contributed by atoms with van der Waals surface area (Å²) < 4.78 is 26.3. The van der Waals surface area contributed by atoms with Crippen LogP contribution in [-0.2, 0) is 11.4 Å². The number of aryl methyl sites for hydroxylation is 1. The van der Waals surface area contributed by atoms with Gasteiger partial charge in [-0.1, -0.05) is 35.9 Å². The molecule has 0 aliphatic heterocycles. The van der Waals surface area contributed by atoms with Crippen LogP contribution in [0.2, 0.25) is 0 Å². The number of hydrogen-bond acceptors (Lipinski definition) is 4. The first kappa shape index (κ1) is 24.3. The summed E-state index contributed by atoms with van der Waals surface area (Å²) in [6.45, 7) is 4.22. The molecule has 0 aromatic heterocycles. The summed E-state index contributed by atoms with van der Waals surface area (Å²) in [5, 5.41) is 12.3. The van der Waals surface area contributed by atoms with Gasteiger partial charge in [0.25, 0.3) is 5.91 Å². The molecule has 0 saturated carbocycles. The summed E-state index contributed by atoms with van der Waals surface area (Å²) in [5.74, 6) is 0.0705. The molecule has 5 nitrogen and oxygen atoms in total. The van der Waals surface area contributed by atoms with Gasteiger partial charge in [0.1, 0.15) is 24.1 Å². The summed E-state index contributed by atoms with van der Waals surface area (Å²) >= 11 is 2.09. The molecule has 3 aromatic carbocycles. The van der Waals surface area contributed by atoms with Crippen LogP contribution in [0.1, 0.15) is 23.6 Å². The van der Waals surface area contributed by atoms with E-state index in [9.17, 15) is 14.4 Å². The number of anilines is 1. The van der Waals surface area contributed by atoms with Gasteiger partial charge in [-0.15, -0.1) is 0 Å². The highest BCUT2D eigenvalue weighted by Crippen LogP contribution is 2.35. The second kappa shape index (κ2) is 11.5. The SMILES string of the molecule is CCOc1cc(/C=C(\C#N)C(=O)Nc2ccc(C)cc2)cc(I)c1OCc1ccccc1F. The molecule has 7 heteroatoms. The van der Waals surface area contributed by atoms with Crippen LogP contribution in [-0.4, -0.2) is 12.5 Å². The lowest BCUT2D eigenvalue weighted by atomic mass is 10.1. The number of amides is 1. The first-order valence-electron chi connectivity index (χ1n) is 10.2. The van der Waals surface area contributed by atoms with Gasteiger partial charge in [0.2, 0.25) is 0 Å². The van der Waals surface area contributed by atoms with Gasteiger partial charge >= 0.3 is 0 Å². The Labute approximate surface area is 206 Å². The van der Waals surface area contributed by atoms with E-state index in [0.29, 0.717) is 38.5 Å². The quantitative estimate of drug-likeness (QED) is 0.202. The molecule has 0 fully saturated rings. The number of hydrogen-bond donors (Lipinski definition) is 1. The standard InChI is InChI=1S/C26H22FIN2O3/c1-3-32-24-14-18(12-20(15-29)26(31)30-21-10-8-17(2)9-11-21)13-23(28)25(24)33-16-19-6-4-5-7-22(19)27/h4-14H,3,16H2,1-2H3,(H,30,31)/b20-12+. The molecular weight excluding hydrogens is 534 g/mol. The average Bonchev–Trinajstić information content (AvgIpc) is 2.79. The predicted molar refractivity (Wildman–Crippen MR) is 134 cm³/mol. The van der Waals surface area contributed by atoms with Gasteiger partial charge in [0, 0.05) is 11.3 Å². The fourth-order valence-corrected chi connectivity index (χ4v) is 3.77. The number of halogens is 2. The van der Waals surface area contributed by atoms with Crippen LogP contribution in [0.4, 0.5) is 10.1 Å². The van der Waals surface area contributed by atoms with Crippen molar-refractivity contribution in [1.29, 1.82) is 5.26 Å². The Balaban J connectivity index is 1.85. The van der Waals surface area contributed by atoms with Gasteiger partial charge in [0.05, 0.1) is 10.2 Å². The minimum absolute atomic E-state index is 0.0420. The molecule has 0 saturated heterocycles. The maximum Gasteiger partial charge on any atom is 0.266 e. The lowest BCUT2D eigenvalue weighted by molar-refractivity contribution is -0.112. The van der Waals surface area contributed by atoms with E-state index < -0.39 is 5.91 Å². The Morgan fingerprint density at radius 3 is 2.55 bits per heavy atom. The number of nitriles is 1. The largest absolute Gasteiger partial charge is 0.490 e. The van der Waals surface area contributed by atoms with Gasteiger partial charge in [-0.05, 0) is 78.4 Å². The molecular formula is C26H22FIN2O3. The molecule has 0 unspecified atom stereocenters. The highest BCUT2D eigenvalue weighted by atomic mass is 127. The van der Waals surface area contributed by atoms with Crippen molar-refractivity contribution in [3.8, 4) is 17.6 Å². The molecule has 168 valence electrons. The van der Waals surface area contributed by atoms with Crippen LogP contribution in [0.15, 0.2) is 66.2 Å². The number of ether oxygens (including phenoxy) is 2. The first-order chi connectivity index (χ1) is 15.9. The van der Waals surface area contributed by atoms with Gasteiger partial charge in [-0.2, -0.15) is 5.26 Å². The fourth-order valence-electron chi connectivity index (χ4n) is 2.99.